The summed E-state index contributed by atoms with van der Waals surface area (Å²) in [4.78, 5) is 16.5. The number of hydrogen-bond donors (Lipinski definition) is 1. The van der Waals surface area contributed by atoms with Crippen LogP contribution in [-0.4, -0.2) is 42.0 Å². The van der Waals surface area contributed by atoms with Gasteiger partial charge in [-0.25, -0.2) is 17.7 Å². The molecule has 0 spiro atoms. The van der Waals surface area contributed by atoms with Gasteiger partial charge in [-0.1, -0.05) is 12.1 Å². The third-order valence-electron chi connectivity index (χ3n) is 3.81. The summed E-state index contributed by atoms with van der Waals surface area (Å²) >= 11 is 13.0. The van der Waals surface area contributed by atoms with E-state index < -0.39 is 20.3 Å². The van der Waals surface area contributed by atoms with Crippen molar-refractivity contribution in [3.63, 3.8) is 0 Å². The summed E-state index contributed by atoms with van der Waals surface area (Å²) in [6.07, 6.45) is 0.433. The Morgan fingerprint density at radius 3 is 2.44 bits per heavy atom. The molecular formula is C15H15Cl2N3O3S2. The lowest BCUT2D eigenvalue weighted by Crippen LogP contribution is -2.22. The maximum atomic E-state index is 12.1. The van der Waals surface area contributed by atoms with Crippen molar-refractivity contribution in [1.82, 2.24) is 9.29 Å². The van der Waals surface area contributed by atoms with Gasteiger partial charge in [0, 0.05) is 25.0 Å². The van der Waals surface area contributed by atoms with Crippen LogP contribution in [0.1, 0.15) is 6.42 Å². The number of carbonyl (C=O) groups excluding carboxylic acids is 1. The van der Waals surface area contributed by atoms with E-state index in [4.69, 9.17) is 23.2 Å². The number of sulfonamides is 1. The molecule has 0 bridgehead atoms. The molecule has 0 saturated heterocycles. The van der Waals surface area contributed by atoms with Crippen LogP contribution in [0.2, 0.25) is 0 Å². The Labute approximate surface area is 159 Å². The molecule has 2 aromatic rings. The fourth-order valence-electron chi connectivity index (χ4n) is 2.16. The van der Waals surface area contributed by atoms with Crippen LogP contribution in [0.5, 0.6) is 0 Å². The van der Waals surface area contributed by atoms with Gasteiger partial charge in [0.15, 0.2) is 5.13 Å². The highest BCUT2D eigenvalue weighted by Gasteiger charge is 2.56. The van der Waals surface area contributed by atoms with Gasteiger partial charge in [0.2, 0.25) is 15.9 Å². The Morgan fingerprint density at radius 2 is 1.92 bits per heavy atom. The second-order valence-corrected chi connectivity index (χ2v) is 10.4. The van der Waals surface area contributed by atoms with Gasteiger partial charge >= 0.3 is 0 Å². The minimum absolute atomic E-state index is 0.208. The molecule has 1 aliphatic rings. The van der Waals surface area contributed by atoms with Gasteiger partial charge in [0.25, 0.3) is 0 Å². The summed E-state index contributed by atoms with van der Waals surface area (Å²) in [5.74, 6) is -0.669. The first-order valence-corrected chi connectivity index (χ1v) is 10.4. The molecule has 10 heteroatoms. The largest absolute Gasteiger partial charge is 0.302 e. The van der Waals surface area contributed by atoms with Crippen LogP contribution >= 0.6 is 34.5 Å². The number of nitrogens with zero attached hydrogens (tertiary/aromatic N) is 2. The molecule has 1 aliphatic carbocycles. The van der Waals surface area contributed by atoms with E-state index in [0.29, 0.717) is 17.2 Å². The van der Waals surface area contributed by atoms with E-state index in [0.717, 1.165) is 9.87 Å². The number of amides is 1. The van der Waals surface area contributed by atoms with Gasteiger partial charge in [-0.05, 0) is 18.6 Å². The van der Waals surface area contributed by atoms with E-state index in [1.54, 1.807) is 17.5 Å². The molecule has 1 unspecified atom stereocenters. The number of carbonyl (C=O) groups is 1. The predicted molar refractivity (Wildman–Crippen MR) is 99.6 cm³/mol. The SMILES string of the molecule is CN(C)S(=O)(=O)c1ccc(-c2csc(NC(=O)C3CC3(Cl)Cl)n2)cc1. The van der Waals surface area contributed by atoms with E-state index in [2.05, 4.69) is 10.3 Å². The van der Waals surface area contributed by atoms with E-state index in [-0.39, 0.29) is 10.8 Å². The molecule has 1 aromatic carbocycles. The van der Waals surface area contributed by atoms with Crippen molar-refractivity contribution >= 4 is 55.6 Å². The van der Waals surface area contributed by atoms with Crippen LogP contribution in [-0.2, 0) is 14.8 Å². The van der Waals surface area contributed by atoms with E-state index in [1.807, 2.05) is 0 Å². The summed E-state index contributed by atoms with van der Waals surface area (Å²) in [6, 6.07) is 6.42. The van der Waals surface area contributed by atoms with Crippen molar-refractivity contribution in [3.8, 4) is 11.3 Å². The third kappa shape index (κ3) is 3.83. The Bertz CT molecular complexity index is 908. The van der Waals surface area contributed by atoms with Gasteiger partial charge < -0.3 is 5.32 Å². The summed E-state index contributed by atoms with van der Waals surface area (Å²) in [5, 5.41) is 4.93. The fourth-order valence-corrected chi connectivity index (χ4v) is 4.29. The highest BCUT2D eigenvalue weighted by molar-refractivity contribution is 7.89. The Balaban J connectivity index is 1.73. The summed E-state index contributed by atoms with van der Waals surface area (Å²) < 4.78 is 24.3. The molecular weight excluding hydrogens is 405 g/mol. The number of halogens is 2. The van der Waals surface area contributed by atoms with Gasteiger partial charge in [0.1, 0.15) is 4.33 Å². The molecule has 134 valence electrons. The average Bonchev–Trinajstić information content (AvgIpc) is 2.97. The van der Waals surface area contributed by atoms with Crippen LogP contribution in [0.25, 0.3) is 11.3 Å². The summed E-state index contributed by atoms with van der Waals surface area (Å²) in [6.45, 7) is 0. The number of rotatable bonds is 5. The Hall–Kier alpha value is -1.19. The zero-order chi connectivity index (χ0) is 18.4. The lowest BCUT2D eigenvalue weighted by atomic mass is 10.2. The first kappa shape index (κ1) is 18.6. The first-order valence-electron chi connectivity index (χ1n) is 7.28. The number of alkyl halides is 2. The van der Waals surface area contributed by atoms with Crippen LogP contribution in [0.3, 0.4) is 0 Å². The van der Waals surface area contributed by atoms with Crippen LogP contribution in [0, 0.1) is 5.92 Å². The maximum Gasteiger partial charge on any atom is 0.242 e. The quantitative estimate of drug-likeness (QED) is 0.754. The molecule has 25 heavy (non-hydrogen) atoms. The van der Waals surface area contributed by atoms with Gasteiger partial charge in [0.05, 0.1) is 16.5 Å². The van der Waals surface area contributed by atoms with Gasteiger partial charge in [-0.3, -0.25) is 4.79 Å². The van der Waals surface area contributed by atoms with E-state index in [1.165, 1.54) is 37.6 Å². The topological polar surface area (TPSA) is 79.4 Å². The number of anilines is 1. The number of hydrogen-bond acceptors (Lipinski definition) is 5. The summed E-state index contributed by atoms with van der Waals surface area (Å²) in [7, 11) is -0.505. The van der Waals surface area contributed by atoms with Crippen molar-refractivity contribution in [3.05, 3.63) is 29.6 Å². The molecule has 6 nitrogen and oxygen atoms in total. The zero-order valence-corrected chi connectivity index (χ0v) is 16.5. The highest BCUT2D eigenvalue weighted by atomic mass is 35.5. The third-order valence-corrected chi connectivity index (χ3v) is 7.23. The van der Waals surface area contributed by atoms with E-state index in [9.17, 15) is 13.2 Å². The second-order valence-electron chi connectivity index (χ2n) is 5.86. The predicted octanol–water partition coefficient (Wildman–Crippen LogP) is 3.19. The highest BCUT2D eigenvalue weighted by Crippen LogP contribution is 2.53. The Morgan fingerprint density at radius 1 is 1.32 bits per heavy atom. The van der Waals surface area contributed by atoms with Crippen molar-refractivity contribution in [2.75, 3.05) is 19.4 Å². The van der Waals surface area contributed by atoms with Crippen molar-refractivity contribution in [1.29, 1.82) is 0 Å². The lowest BCUT2D eigenvalue weighted by Gasteiger charge is -2.11. The van der Waals surface area contributed by atoms with Gasteiger partial charge in [-0.2, -0.15) is 0 Å². The van der Waals surface area contributed by atoms with Crippen LogP contribution < -0.4 is 5.32 Å². The zero-order valence-electron chi connectivity index (χ0n) is 13.4. The van der Waals surface area contributed by atoms with Crippen LogP contribution in [0.15, 0.2) is 34.5 Å². The number of nitrogens with one attached hydrogen (secondary N) is 1. The monoisotopic (exact) mass is 419 g/mol. The molecule has 3 rings (SSSR count). The molecule has 0 radical (unpaired) electrons. The molecule has 1 amide bonds. The van der Waals surface area contributed by atoms with E-state index >= 15 is 0 Å². The fraction of sp³-hybridized carbons (Fsp3) is 0.333. The molecule has 0 aliphatic heterocycles. The molecule has 1 N–H and O–H groups in total. The molecule has 1 saturated carbocycles. The molecule has 1 fully saturated rings. The number of thiazole rings is 1. The number of benzene rings is 1. The smallest absolute Gasteiger partial charge is 0.242 e. The summed E-state index contributed by atoms with van der Waals surface area (Å²) in [5.41, 5.74) is 1.40. The van der Waals surface area contributed by atoms with Gasteiger partial charge in [-0.15, -0.1) is 34.5 Å². The molecule has 1 atom stereocenters. The lowest BCUT2D eigenvalue weighted by molar-refractivity contribution is -0.117. The van der Waals surface area contributed by atoms with Crippen LogP contribution in [0.4, 0.5) is 5.13 Å². The number of aromatic nitrogens is 1. The van der Waals surface area contributed by atoms with Crippen molar-refractivity contribution in [2.24, 2.45) is 5.92 Å². The average molecular weight is 420 g/mol. The standard InChI is InChI=1S/C15H15Cl2N3O3S2/c1-20(2)25(22,23)10-5-3-9(4-6-10)12-8-24-14(18-12)19-13(21)11-7-15(11,16)17/h3-6,8,11H,7H2,1-2H3,(H,18,19,21). The minimum Gasteiger partial charge on any atom is -0.302 e. The first-order chi connectivity index (χ1) is 11.6. The van der Waals surface area contributed by atoms with Crippen molar-refractivity contribution in [2.45, 2.75) is 15.6 Å². The maximum absolute atomic E-state index is 12.1. The van der Waals surface area contributed by atoms with Crippen molar-refractivity contribution < 1.29 is 13.2 Å². The minimum atomic E-state index is -3.47. The Kier molecular flexibility index (Phi) is 4.85. The second kappa shape index (κ2) is 6.51. The normalized spacial score (nSPS) is 19.0. The molecule has 1 aromatic heterocycles. The molecule has 1 heterocycles.